The summed E-state index contributed by atoms with van der Waals surface area (Å²) in [5, 5.41) is 0. The van der Waals surface area contributed by atoms with Crippen LogP contribution in [0.15, 0.2) is 30.3 Å². The highest BCUT2D eigenvalue weighted by molar-refractivity contribution is 5.95. The number of hydrogen-bond donors (Lipinski definition) is 0. The fourth-order valence-electron chi connectivity index (χ4n) is 1.51. The van der Waals surface area contributed by atoms with Gasteiger partial charge >= 0.3 is 5.97 Å². The number of ether oxygens (including phenoxy) is 1. The van der Waals surface area contributed by atoms with Gasteiger partial charge in [-0.15, -0.1) is 0 Å². The number of esters is 1. The van der Waals surface area contributed by atoms with Crippen LogP contribution in [0.4, 0.5) is 0 Å². The van der Waals surface area contributed by atoms with Gasteiger partial charge in [-0.3, -0.25) is 4.79 Å². The van der Waals surface area contributed by atoms with Crippen LogP contribution < -0.4 is 0 Å². The Morgan fingerprint density at radius 1 is 1.05 bits per heavy atom. The van der Waals surface area contributed by atoms with Gasteiger partial charge in [-0.1, -0.05) is 18.2 Å². The highest BCUT2D eigenvalue weighted by atomic mass is 16.6. The summed E-state index contributed by atoms with van der Waals surface area (Å²) in [7, 11) is 0. The third-order valence-corrected chi connectivity index (χ3v) is 2.73. The Bertz CT molecular complexity index is 474. The van der Waals surface area contributed by atoms with Gasteiger partial charge in [0.25, 0.3) is 0 Å². The van der Waals surface area contributed by atoms with E-state index in [-0.39, 0.29) is 24.4 Å². The third-order valence-electron chi connectivity index (χ3n) is 2.73. The monoisotopic (exact) mass is 262 g/mol. The fourth-order valence-corrected chi connectivity index (χ4v) is 1.51. The summed E-state index contributed by atoms with van der Waals surface area (Å²) >= 11 is 0. The second kappa shape index (κ2) is 6.27. The molecule has 4 heteroatoms. The van der Waals surface area contributed by atoms with E-state index in [0.29, 0.717) is 5.56 Å². The summed E-state index contributed by atoms with van der Waals surface area (Å²) in [5.41, 5.74) is -0.822. The normalized spacial score (nSPS) is 10.9. The second-order valence-electron chi connectivity index (χ2n) is 4.89. The van der Waals surface area contributed by atoms with Gasteiger partial charge in [0.2, 0.25) is 0 Å². The number of carbonyl (C=O) groups excluding carboxylic acids is 3. The molecule has 0 fully saturated rings. The molecular formula is C15H18O4. The van der Waals surface area contributed by atoms with Crippen LogP contribution in [-0.2, 0) is 14.3 Å². The standard InChI is InChI=1S/C15H18O4/c1-11(16)9-10-13(17)15(2,3)19-14(18)12-7-5-4-6-8-12/h4-8H,9-10H2,1-3H3. The molecule has 0 amide bonds. The third kappa shape index (κ3) is 4.66. The Morgan fingerprint density at radius 3 is 2.16 bits per heavy atom. The first-order valence-electron chi connectivity index (χ1n) is 6.14. The molecule has 0 bridgehead atoms. The quantitative estimate of drug-likeness (QED) is 0.739. The second-order valence-corrected chi connectivity index (χ2v) is 4.89. The van der Waals surface area contributed by atoms with Crippen LogP contribution in [0, 0.1) is 0 Å². The maximum absolute atomic E-state index is 11.9. The molecule has 0 atom stereocenters. The van der Waals surface area contributed by atoms with Gasteiger partial charge in [-0.25, -0.2) is 4.79 Å². The molecule has 0 aliphatic rings. The van der Waals surface area contributed by atoms with Gasteiger partial charge in [0.1, 0.15) is 5.78 Å². The lowest BCUT2D eigenvalue weighted by Crippen LogP contribution is -2.37. The first-order chi connectivity index (χ1) is 8.83. The van der Waals surface area contributed by atoms with E-state index < -0.39 is 11.6 Å². The first kappa shape index (κ1) is 15.1. The highest BCUT2D eigenvalue weighted by Gasteiger charge is 2.31. The number of ketones is 2. The van der Waals surface area contributed by atoms with Crippen LogP contribution in [0.5, 0.6) is 0 Å². The Hall–Kier alpha value is -1.97. The van der Waals surface area contributed by atoms with Crippen molar-refractivity contribution in [2.24, 2.45) is 0 Å². The first-order valence-corrected chi connectivity index (χ1v) is 6.14. The molecule has 0 unspecified atom stereocenters. The number of rotatable bonds is 6. The Kier molecular flexibility index (Phi) is 4.98. The van der Waals surface area contributed by atoms with Crippen molar-refractivity contribution in [1.82, 2.24) is 0 Å². The molecule has 0 N–H and O–H groups in total. The van der Waals surface area contributed by atoms with Crippen molar-refractivity contribution in [3.63, 3.8) is 0 Å². The summed E-state index contributed by atoms with van der Waals surface area (Å²) in [6.07, 6.45) is 0.259. The van der Waals surface area contributed by atoms with E-state index in [9.17, 15) is 14.4 Å². The van der Waals surface area contributed by atoms with Gasteiger partial charge in [0, 0.05) is 12.8 Å². The van der Waals surface area contributed by atoms with Crippen LogP contribution in [-0.4, -0.2) is 23.1 Å². The lowest BCUT2D eigenvalue weighted by Gasteiger charge is -2.23. The molecule has 0 saturated heterocycles. The van der Waals surface area contributed by atoms with E-state index in [1.54, 1.807) is 30.3 Å². The summed E-state index contributed by atoms with van der Waals surface area (Å²) in [6, 6.07) is 8.49. The molecule has 19 heavy (non-hydrogen) atoms. The molecule has 102 valence electrons. The number of hydrogen-bond acceptors (Lipinski definition) is 4. The number of Topliss-reactive ketones (excluding diaryl/α,β-unsaturated/α-hetero) is 2. The van der Waals surface area contributed by atoms with Crippen LogP contribution in [0.1, 0.15) is 44.0 Å². The maximum atomic E-state index is 11.9. The van der Waals surface area contributed by atoms with Gasteiger partial charge < -0.3 is 9.53 Å². The average molecular weight is 262 g/mol. The highest BCUT2D eigenvalue weighted by Crippen LogP contribution is 2.17. The minimum Gasteiger partial charge on any atom is -0.448 e. The zero-order valence-corrected chi connectivity index (χ0v) is 11.4. The van der Waals surface area contributed by atoms with Crippen molar-refractivity contribution in [2.75, 3.05) is 0 Å². The largest absolute Gasteiger partial charge is 0.448 e. The molecule has 0 aliphatic carbocycles. The van der Waals surface area contributed by atoms with Crippen molar-refractivity contribution in [1.29, 1.82) is 0 Å². The van der Waals surface area contributed by atoms with Crippen molar-refractivity contribution in [3.8, 4) is 0 Å². The van der Waals surface area contributed by atoms with Crippen molar-refractivity contribution in [2.45, 2.75) is 39.2 Å². The topological polar surface area (TPSA) is 60.4 Å². The molecule has 4 nitrogen and oxygen atoms in total. The number of carbonyl (C=O) groups is 3. The summed E-state index contributed by atoms with van der Waals surface area (Å²) in [4.78, 5) is 34.6. The van der Waals surface area contributed by atoms with Gasteiger partial charge in [0.05, 0.1) is 5.56 Å². The Labute approximate surface area is 112 Å². The molecule has 0 aliphatic heterocycles. The molecule has 0 spiro atoms. The minimum absolute atomic E-state index is 0.0569. The lowest BCUT2D eigenvalue weighted by molar-refractivity contribution is -0.136. The van der Waals surface area contributed by atoms with E-state index in [2.05, 4.69) is 0 Å². The van der Waals surface area contributed by atoms with E-state index in [4.69, 9.17) is 4.74 Å². The van der Waals surface area contributed by atoms with Crippen LogP contribution in [0.25, 0.3) is 0 Å². The molecular weight excluding hydrogens is 244 g/mol. The predicted molar refractivity (Wildman–Crippen MR) is 70.9 cm³/mol. The zero-order valence-electron chi connectivity index (χ0n) is 11.4. The summed E-state index contributed by atoms with van der Waals surface area (Å²) in [5.74, 6) is -0.854. The van der Waals surface area contributed by atoms with Gasteiger partial charge in [0.15, 0.2) is 11.4 Å². The maximum Gasteiger partial charge on any atom is 0.339 e. The lowest BCUT2D eigenvalue weighted by atomic mass is 9.98. The fraction of sp³-hybridized carbons (Fsp3) is 0.400. The molecule has 0 heterocycles. The summed E-state index contributed by atoms with van der Waals surface area (Å²) in [6.45, 7) is 4.50. The van der Waals surface area contributed by atoms with E-state index in [1.165, 1.54) is 20.8 Å². The van der Waals surface area contributed by atoms with Gasteiger partial charge in [-0.2, -0.15) is 0 Å². The van der Waals surface area contributed by atoms with Crippen molar-refractivity contribution in [3.05, 3.63) is 35.9 Å². The van der Waals surface area contributed by atoms with Crippen LogP contribution >= 0.6 is 0 Å². The molecule has 1 rings (SSSR count). The van der Waals surface area contributed by atoms with E-state index in [1.807, 2.05) is 0 Å². The predicted octanol–water partition coefficient (Wildman–Crippen LogP) is 2.56. The molecule has 0 aromatic heterocycles. The Morgan fingerprint density at radius 2 is 1.63 bits per heavy atom. The zero-order chi connectivity index (χ0) is 14.5. The number of benzene rings is 1. The minimum atomic E-state index is -1.22. The Balaban J connectivity index is 2.66. The summed E-state index contributed by atoms with van der Waals surface area (Å²) < 4.78 is 5.22. The molecule has 1 aromatic rings. The van der Waals surface area contributed by atoms with Crippen molar-refractivity contribution < 1.29 is 19.1 Å². The molecule has 0 saturated carbocycles. The molecule has 0 radical (unpaired) electrons. The molecule has 1 aromatic carbocycles. The van der Waals surface area contributed by atoms with Crippen LogP contribution in [0.3, 0.4) is 0 Å². The van der Waals surface area contributed by atoms with E-state index in [0.717, 1.165) is 0 Å². The smallest absolute Gasteiger partial charge is 0.339 e. The average Bonchev–Trinajstić information content (AvgIpc) is 2.36. The SMILES string of the molecule is CC(=O)CCC(=O)C(C)(C)OC(=O)c1ccccc1. The van der Waals surface area contributed by atoms with Gasteiger partial charge in [-0.05, 0) is 32.9 Å². The van der Waals surface area contributed by atoms with E-state index >= 15 is 0 Å². The van der Waals surface area contributed by atoms with Crippen molar-refractivity contribution >= 4 is 17.5 Å². The van der Waals surface area contributed by atoms with Crippen LogP contribution in [0.2, 0.25) is 0 Å².